The molecule has 0 aliphatic carbocycles. The van der Waals surface area contributed by atoms with Gasteiger partial charge in [-0.3, -0.25) is 9.69 Å². The van der Waals surface area contributed by atoms with E-state index in [-0.39, 0.29) is 17.7 Å². The van der Waals surface area contributed by atoms with Crippen molar-refractivity contribution in [1.82, 2.24) is 9.80 Å². The Morgan fingerprint density at radius 2 is 1.86 bits per heavy atom. The van der Waals surface area contributed by atoms with Gasteiger partial charge >= 0.3 is 0 Å². The molecule has 0 aromatic heterocycles. The van der Waals surface area contributed by atoms with Crippen molar-refractivity contribution < 1.29 is 22.7 Å². The van der Waals surface area contributed by atoms with Crippen molar-refractivity contribution in [2.75, 3.05) is 56.7 Å². The van der Waals surface area contributed by atoms with E-state index >= 15 is 0 Å². The second kappa shape index (κ2) is 8.51. The lowest BCUT2D eigenvalue weighted by atomic mass is 10.2. The molecule has 0 bridgehead atoms. The van der Waals surface area contributed by atoms with Crippen LogP contribution in [0.4, 0.5) is 0 Å². The Bertz CT molecular complexity index is 822. The summed E-state index contributed by atoms with van der Waals surface area (Å²) < 4.78 is 34.7. The van der Waals surface area contributed by atoms with Gasteiger partial charge in [-0.2, -0.15) is 0 Å². The molecule has 9 heteroatoms. The van der Waals surface area contributed by atoms with E-state index in [9.17, 15) is 13.2 Å². The van der Waals surface area contributed by atoms with Gasteiger partial charge < -0.3 is 14.4 Å². The highest BCUT2D eigenvalue weighted by molar-refractivity contribution is 8.00. The zero-order chi connectivity index (χ0) is 19.6. The molecular formula is C19H26N2O5S2. The quantitative estimate of drug-likeness (QED) is 0.671. The third-order valence-electron chi connectivity index (χ3n) is 5.47. The molecule has 7 nitrogen and oxygen atoms in total. The van der Waals surface area contributed by atoms with Gasteiger partial charge in [0.25, 0.3) is 0 Å². The number of hydrogen-bond acceptors (Lipinski definition) is 7. The highest BCUT2D eigenvalue weighted by Gasteiger charge is 2.34. The Morgan fingerprint density at radius 3 is 2.57 bits per heavy atom. The number of amides is 1. The number of thioether (sulfide) groups is 1. The number of benzene rings is 1. The van der Waals surface area contributed by atoms with Crippen molar-refractivity contribution in [3.63, 3.8) is 0 Å². The monoisotopic (exact) mass is 426 g/mol. The zero-order valence-electron chi connectivity index (χ0n) is 15.8. The van der Waals surface area contributed by atoms with Gasteiger partial charge in [0.2, 0.25) is 5.91 Å². The fourth-order valence-electron chi connectivity index (χ4n) is 3.87. The van der Waals surface area contributed by atoms with Crippen LogP contribution in [-0.2, 0) is 14.6 Å². The summed E-state index contributed by atoms with van der Waals surface area (Å²) in [6.45, 7) is 4.14. The minimum absolute atomic E-state index is 0.121. The van der Waals surface area contributed by atoms with Crippen LogP contribution in [0.3, 0.4) is 0 Å². The van der Waals surface area contributed by atoms with Crippen LogP contribution >= 0.6 is 11.8 Å². The van der Waals surface area contributed by atoms with E-state index in [0.29, 0.717) is 37.8 Å². The van der Waals surface area contributed by atoms with Gasteiger partial charge in [-0.25, -0.2) is 8.42 Å². The average molecular weight is 427 g/mol. The first-order valence-electron chi connectivity index (χ1n) is 9.75. The summed E-state index contributed by atoms with van der Waals surface area (Å²) in [6.07, 6.45) is 1.59. The van der Waals surface area contributed by atoms with Crippen LogP contribution in [0.15, 0.2) is 23.1 Å². The highest BCUT2D eigenvalue weighted by Crippen LogP contribution is 2.34. The van der Waals surface area contributed by atoms with E-state index in [4.69, 9.17) is 9.47 Å². The average Bonchev–Trinajstić information content (AvgIpc) is 2.91. The predicted molar refractivity (Wildman–Crippen MR) is 108 cm³/mol. The van der Waals surface area contributed by atoms with E-state index in [1.807, 2.05) is 23.1 Å². The number of piperazine rings is 1. The molecule has 154 valence electrons. The summed E-state index contributed by atoms with van der Waals surface area (Å²) in [4.78, 5) is 17.7. The fraction of sp³-hybridized carbons (Fsp3) is 0.632. The standard InChI is InChI=1S/C19H26N2O5S2/c22-19(13-27-16-2-3-17-18(12-16)26-10-1-9-25-17)21-7-5-20(6-8-21)15-4-11-28(23,24)14-15/h2-3,12,15H,1,4-11,13-14H2. The third-order valence-corrected chi connectivity index (χ3v) is 8.20. The summed E-state index contributed by atoms with van der Waals surface area (Å²) in [5.74, 6) is 2.57. The number of hydrogen-bond donors (Lipinski definition) is 0. The van der Waals surface area contributed by atoms with Crippen LogP contribution in [0.25, 0.3) is 0 Å². The summed E-state index contributed by atoms with van der Waals surface area (Å²) in [7, 11) is -2.87. The van der Waals surface area contributed by atoms with Gasteiger partial charge in [-0.1, -0.05) is 0 Å². The maximum Gasteiger partial charge on any atom is 0.233 e. The molecule has 3 heterocycles. The summed E-state index contributed by atoms with van der Waals surface area (Å²) >= 11 is 1.51. The van der Waals surface area contributed by atoms with Gasteiger partial charge in [0.1, 0.15) is 0 Å². The Labute approximate surface area is 170 Å². The molecule has 4 rings (SSSR count). The van der Waals surface area contributed by atoms with E-state index in [1.54, 1.807) is 0 Å². The molecule has 1 aromatic carbocycles. The number of rotatable bonds is 4. The van der Waals surface area contributed by atoms with Gasteiger partial charge in [-0.05, 0) is 24.6 Å². The highest BCUT2D eigenvalue weighted by atomic mass is 32.2. The second-order valence-corrected chi connectivity index (χ2v) is 10.7. The topological polar surface area (TPSA) is 76.2 Å². The molecule has 3 aliphatic rings. The molecule has 1 unspecified atom stereocenters. The minimum atomic E-state index is -2.87. The summed E-state index contributed by atoms with van der Waals surface area (Å²) in [5, 5.41) is 0. The molecule has 0 spiro atoms. The molecule has 2 fully saturated rings. The third kappa shape index (κ3) is 4.75. The minimum Gasteiger partial charge on any atom is -0.490 e. The van der Waals surface area contributed by atoms with Crippen molar-refractivity contribution in [3.8, 4) is 11.5 Å². The van der Waals surface area contributed by atoms with Gasteiger partial charge in [0, 0.05) is 43.5 Å². The molecule has 2 saturated heterocycles. The number of ether oxygens (including phenoxy) is 2. The molecule has 1 atom stereocenters. The first-order chi connectivity index (χ1) is 13.5. The smallest absolute Gasteiger partial charge is 0.233 e. The van der Waals surface area contributed by atoms with Gasteiger partial charge in [0.05, 0.1) is 30.5 Å². The summed E-state index contributed by atoms with van der Waals surface area (Å²) in [6, 6.07) is 5.93. The molecule has 1 aromatic rings. The number of nitrogens with zero attached hydrogens (tertiary/aromatic N) is 2. The van der Waals surface area contributed by atoms with Crippen LogP contribution in [0.1, 0.15) is 12.8 Å². The zero-order valence-corrected chi connectivity index (χ0v) is 17.5. The van der Waals surface area contributed by atoms with Crippen LogP contribution < -0.4 is 9.47 Å². The molecule has 3 aliphatic heterocycles. The fourth-order valence-corrected chi connectivity index (χ4v) is 6.46. The number of sulfone groups is 1. The second-order valence-electron chi connectivity index (χ2n) is 7.42. The van der Waals surface area contributed by atoms with Crippen molar-refractivity contribution in [2.24, 2.45) is 0 Å². The van der Waals surface area contributed by atoms with Crippen molar-refractivity contribution >= 4 is 27.5 Å². The lowest BCUT2D eigenvalue weighted by Crippen LogP contribution is -2.52. The Hall–Kier alpha value is -1.45. The molecular weight excluding hydrogens is 400 g/mol. The van der Waals surface area contributed by atoms with Gasteiger partial charge in [-0.15, -0.1) is 11.8 Å². The Balaban J connectivity index is 1.25. The van der Waals surface area contributed by atoms with Crippen LogP contribution in [0.5, 0.6) is 11.5 Å². The van der Waals surface area contributed by atoms with Crippen molar-refractivity contribution in [1.29, 1.82) is 0 Å². The van der Waals surface area contributed by atoms with E-state index in [0.717, 1.165) is 42.3 Å². The SMILES string of the molecule is O=C(CSc1ccc2c(c1)OCCCO2)N1CCN(C2CCS(=O)(=O)C2)CC1. The maximum atomic E-state index is 12.6. The first-order valence-corrected chi connectivity index (χ1v) is 12.6. The van der Waals surface area contributed by atoms with Crippen molar-refractivity contribution in [3.05, 3.63) is 18.2 Å². The molecule has 0 radical (unpaired) electrons. The van der Waals surface area contributed by atoms with Crippen LogP contribution in [0, 0.1) is 0 Å². The van der Waals surface area contributed by atoms with E-state index in [1.165, 1.54) is 11.8 Å². The molecule has 28 heavy (non-hydrogen) atoms. The molecule has 0 saturated carbocycles. The first kappa shape index (κ1) is 19.8. The molecule has 0 N–H and O–H groups in total. The lowest BCUT2D eigenvalue weighted by molar-refractivity contribution is -0.130. The Kier molecular flexibility index (Phi) is 6.03. The number of carbonyl (C=O) groups is 1. The normalized spacial score (nSPS) is 24.7. The number of carbonyl (C=O) groups excluding carboxylic acids is 1. The molecule has 1 amide bonds. The van der Waals surface area contributed by atoms with E-state index < -0.39 is 9.84 Å². The van der Waals surface area contributed by atoms with Crippen LogP contribution in [-0.4, -0.2) is 86.8 Å². The summed E-state index contributed by atoms with van der Waals surface area (Å²) in [5.41, 5.74) is 0. The van der Waals surface area contributed by atoms with E-state index in [2.05, 4.69) is 4.90 Å². The Morgan fingerprint density at radius 1 is 1.11 bits per heavy atom. The van der Waals surface area contributed by atoms with Crippen LogP contribution in [0.2, 0.25) is 0 Å². The lowest BCUT2D eigenvalue weighted by Gasteiger charge is -2.37. The predicted octanol–water partition coefficient (Wildman–Crippen LogP) is 1.27. The maximum absolute atomic E-state index is 12.6. The van der Waals surface area contributed by atoms with Crippen molar-refractivity contribution in [2.45, 2.75) is 23.8 Å². The number of fused-ring (bicyclic) bond motifs is 1. The largest absolute Gasteiger partial charge is 0.490 e. The van der Waals surface area contributed by atoms with Gasteiger partial charge in [0.15, 0.2) is 21.3 Å².